The average Bonchev–Trinajstić information content (AvgIpc) is 3.38. The van der Waals surface area contributed by atoms with Gasteiger partial charge in [-0.1, -0.05) is 23.2 Å². The van der Waals surface area contributed by atoms with E-state index in [0.717, 1.165) is 12.8 Å². The molecule has 26 heavy (non-hydrogen) atoms. The van der Waals surface area contributed by atoms with Gasteiger partial charge in [0.2, 0.25) is 0 Å². The number of amides is 3. The molecular weight excluding hydrogens is 375 g/mol. The van der Waals surface area contributed by atoms with Gasteiger partial charge in [-0.05, 0) is 55.2 Å². The summed E-state index contributed by atoms with van der Waals surface area (Å²) < 4.78 is 0. The van der Waals surface area contributed by atoms with Gasteiger partial charge < -0.3 is 5.32 Å². The van der Waals surface area contributed by atoms with Crippen molar-refractivity contribution in [1.82, 2.24) is 4.90 Å². The van der Waals surface area contributed by atoms with Crippen LogP contribution in [0.15, 0.2) is 36.4 Å². The van der Waals surface area contributed by atoms with Crippen LogP contribution in [0.25, 0.3) is 0 Å². The Bertz CT molecular complexity index is 954. The van der Waals surface area contributed by atoms with Crippen LogP contribution in [-0.4, -0.2) is 29.2 Å². The van der Waals surface area contributed by atoms with E-state index in [0.29, 0.717) is 34.3 Å². The number of carbonyl (C=O) groups is 3. The first-order valence-electron chi connectivity index (χ1n) is 8.20. The molecule has 2 aliphatic rings. The number of halogens is 2. The van der Waals surface area contributed by atoms with E-state index < -0.39 is 5.91 Å². The molecule has 1 aliphatic heterocycles. The number of hydrogen-bond acceptors (Lipinski definition) is 3. The lowest BCUT2D eigenvalue weighted by atomic mass is 10.1. The molecule has 4 rings (SSSR count). The van der Waals surface area contributed by atoms with Crippen LogP contribution in [0, 0.1) is 5.92 Å². The highest BCUT2D eigenvalue weighted by Gasteiger charge is 2.38. The molecule has 132 valence electrons. The summed E-state index contributed by atoms with van der Waals surface area (Å²) in [4.78, 5) is 38.6. The molecule has 0 spiro atoms. The first-order chi connectivity index (χ1) is 12.4. The van der Waals surface area contributed by atoms with Gasteiger partial charge in [-0.15, -0.1) is 0 Å². The number of benzene rings is 2. The van der Waals surface area contributed by atoms with Gasteiger partial charge in [-0.3, -0.25) is 19.3 Å². The third-order valence-electron chi connectivity index (χ3n) is 4.54. The normalized spacial score (nSPS) is 16.0. The van der Waals surface area contributed by atoms with Crippen molar-refractivity contribution in [3.05, 3.63) is 63.1 Å². The van der Waals surface area contributed by atoms with Crippen LogP contribution in [-0.2, 0) is 0 Å². The van der Waals surface area contributed by atoms with E-state index in [4.69, 9.17) is 23.2 Å². The highest BCUT2D eigenvalue weighted by Crippen LogP contribution is 2.34. The maximum absolute atomic E-state index is 12.5. The average molecular weight is 389 g/mol. The van der Waals surface area contributed by atoms with Crippen molar-refractivity contribution in [3.8, 4) is 0 Å². The molecule has 7 heteroatoms. The molecule has 2 aromatic carbocycles. The maximum atomic E-state index is 12.5. The minimum atomic E-state index is -0.418. The summed E-state index contributed by atoms with van der Waals surface area (Å²) in [6.45, 7) is 0.467. The largest absolute Gasteiger partial charge is 0.322 e. The van der Waals surface area contributed by atoms with E-state index in [9.17, 15) is 14.4 Å². The Hall–Kier alpha value is -2.37. The fourth-order valence-electron chi connectivity index (χ4n) is 2.96. The second-order valence-electron chi connectivity index (χ2n) is 6.50. The Morgan fingerprint density at radius 3 is 2.46 bits per heavy atom. The molecule has 0 aromatic heterocycles. The van der Waals surface area contributed by atoms with Crippen molar-refractivity contribution < 1.29 is 14.4 Å². The SMILES string of the molecule is O=C(Nc1ccc2c(c1)C(=O)N(CC1CC1)C2=O)c1ccc(Cl)cc1Cl. The Balaban J connectivity index is 1.56. The zero-order valence-corrected chi connectivity index (χ0v) is 15.1. The summed E-state index contributed by atoms with van der Waals surface area (Å²) in [5, 5.41) is 3.37. The van der Waals surface area contributed by atoms with Crippen molar-refractivity contribution >= 4 is 46.6 Å². The van der Waals surface area contributed by atoms with Gasteiger partial charge in [0.1, 0.15) is 0 Å². The van der Waals surface area contributed by atoms with Crippen LogP contribution < -0.4 is 5.32 Å². The van der Waals surface area contributed by atoms with Gasteiger partial charge in [0, 0.05) is 17.3 Å². The summed E-state index contributed by atoms with van der Waals surface area (Å²) in [5.41, 5.74) is 1.39. The lowest BCUT2D eigenvalue weighted by molar-refractivity contribution is 0.0646. The maximum Gasteiger partial charge on any atom is 0.261 e. The van der Waals surface area contributed by atoms with Gasteiger partial charge in [-0.2, -0.15) is 0 Å². The van der Waals surface area contributed by atoms with Crippen molar-refractivity contribution in [1.29, 1.82) is 0 Å². The summed E-state index contributed by atoms with van der Waals surface area (Å²) >= 11 is 11.9. The van der Waals surface area contributed by atoms with E-state index in [1.54, 1.807) is 18.2 Å². The van der Waals surface area contributed by atoms with Crippen molar-refractivity contribution in [2.75, 3.05) is 11.9 Å². The molecule has 0 bridgehead atoms. The van der Waals surface area contributed by atoms with Gasteiger partial charge in [0.15, 0.2) is 0 Å². The van der Waals surface area contributed by atoms with Crippen LogP contribution in [0.5, 0.6) is 0 Å². The van der Waals surface area contributed by atoms with Crippen LogP contribution in [0.1, 0.15) is 43.9 Å². The molecule has 1 saturated carbocycles. The number of imide groups is 1. The number of anilines is 1. The van der Waals surface area contributed by atoms with Crippen molar-refractivity contribution in [2.45, 2.75) is 12.8 Å². The number of hydrogen-bond donors (Lipinski definition) is 1. The number of rotatable bonds is 4. The second-order valence-corrected chi connectivity index (χ2v) is 7.35. The van der Waals surface area contributed by atoms with E-state index in [-0.39, 0.29) is 22.4 Å². The summed E-state index contributed by atoms with van der Waals surface area (Å²) in [5.74, 6) is -0.574. The summed E-state index contributed by atoms with van der Waals surface area (Å²) in [6.07, 6.45) is 2.10. The molecule has 2 aromatic rings. The standard InChI is InChI=1S/C19H14Cl2N2O3/c20-11-3-5-14(16(21)7-11)17(24)22-12-4-6-13-15(8-12)19(26)23(18(13)25)9-10-1-2-10/h3-8,10H,1-2,9H2,(H,22,24). The monoisotopic (exact) mass is 388 g/mol. The molecule has 5 nitrogen and oxygen atoms in total. The number of nitrogens with one attached hydrogen (secondary N) is 1. The van der Waals surface area contributed by atoms with Gasteiger partial charge >= 0.3 is 0 Å². The number of carbonyl (C=O) groups excluding carboxylic acids is 3. The first kappa shape index (κ1) is 17.1. The molecule has 3 amide bonds. The van der Waals surface area contributed by atoms with Crippen LogP contribution in [0.3, 0.4) is 0 Å². The molecule has 1 fully saturated rings. The molecule has 1 N–H and O–H groups in total. The molecule has 1 heterocycles. The van der Waals surface area contributed by atoms with Gasteiger partial charge in [-0.25, -0.2) is 0 Å². The van der Waals surface area contributed by atoms with Gasteiger partial charge in [0.25, 0.3) is 17.7 Å². The lowest BCUT2D eigenvalue weighted by Gasteiger charge is -2.12. The second kappa shape index (κ2) is 6.41. The van der Waals surface area contributed by atoms with E-state index in [1.807, 2.05) is 0 Å². The Labute approximate surface area is 159 Å². The predicted molar refractivity (Wildman–Crippen MR) is 98.9 cm³/mol. The lowest BCUT2D eigenvalue weighted by Crippen LogP contribution is -2.31. The topological polar surface area (TPSA) is 66.5 Å². The van der Waals surface area contributed by atoms with Gasteiger partial charge in [0.05, 0.1) is 21.7 Å². The fraction of sp³-hybridized carbons (Fsp3) is 0.211. The number of fused-ring (bicyclic) bond motifs is 1. The van der Waals surface area contributed by atoms with Crippen molar-refractivity contribution in [3.63, 3.8) is 0 Å². The summed E-state index contributed by atoms with van der Waals surface area (Å²) in [6, 6.07) is 9.29. The van der Waals surface area contributed by atoms with Crippen LogP contribution in [0.4, 0.5) is 5.69 Å². The third-order valence-corrected chi connectivity index (χ3v) is 5.09. The van der Waals surface area contributed by atoms with E-state index in [1.165, 1.54) is 23.1 Å². The molecule has 0 saturated heterocycles. The van der Waals surface area contributed by atoms with Crippen LogP contribution in [0.2, 0.25) is 10.0 Å². The minimum Gasteiger partial charge on any atom is -0.322 e. The minimum absolute atomic E-state index is 0.234. The predicted octanol–water partition coefficient (Wildman–Crippen LogP) is 4.25. The van der Waals surface area contributed by atoms with Crippen molar-refractivity contribution in [2.24, 2.45) is 5.92 Å². The zero-order valence-electron chi connectivity index (χ0n) is 13.6. The molecule has 0 radical (unpaired) electrons. The summed E-state index contributed by atoms with van der Waals surface area (Å²) in [7, 11) is 0. The molecular formula is C19H14Cl2N2O3. The molecule has 1 aliphatic carbocycles. The number of nitrogens with zero attached hydrogens (tertiary/aromatic N) is 1. The Morgan fingerprint density at radius 2 is 1.77 bits per heavy atom. The van der Waals surface area contributed by atoms with E-state index in [2.05, 4.69) is 5.32 Å². The quantitative estimate of drug-likeness (QED) is 0.795. The van der Waals surface area contributed by atoms with Crippen LogP contribution >= 0.6 is 23.2 Å². The van der Waals surface area contributed by atoms with E-state index >= 15 is 0 Å². The Kier molecular flexibility index (Phi) is 4.21. The smallest absolute Gasteiger partial charge is 0.261 e. The molecule has 0 atom stereocenters. The third kappa shape index (κ3) is 3.08. The zero-order chi connectivity index (χ0) is 18.4. The highest BCUT2D eigenvalue weighted by atomic mass is 35.5. The molecule has 0 unspecified atom stereocenters. The fourth-order valence-corrected chi connectivity index (χ4v) is 3.46. The highest BCUT2D eigenvalue weighted by molar-refractivity contribution is 6.37. The first-order valence-corrected chi connectivity index (χ1v) is 8.96. The Morgan fingerprint density at radius 1 is 1.04 bits per heavy atom.